The van der Waals surface area contributed by atoms with E-state index in [0.29, 0.717) is 6.42 Å². The average molecular weight is 206 g/mol. The molecular weight excluding hydrogens is 196 g/mol. The first-order valence-corrected chi connectivity index (χ1v) is 5.18. The largest absolute Gasteiger partial charge is 0.507 e. The lowest BCUT2D eigenvalue weighted by Gasteiger charge is -1.90. The van der Waals surface area contributed by atoms with Crippen LogP contribution >= 0.6 is 11.3 Å². The van der Waals surface area contributed by atoms with Crippen LogP contribution in [0.1, 0.15) is 11.8 Å². The number of aromatic hydroxyl groups is 1. The minimum atomic E-state index is 0.149. The molecule has 0 amide bonds. The van der Waals surface area contributed by atoms with Crippen LogP contribution < -0.4 is 0 Å². The van der Waals surface area contributed by atoms with Crippen LogP contribution in [-0.4, -0.2) is 10.9 Å². The monoisotopic (exact) mass is 206 g/mol. The normalized spacial score (nSPS) is 10.6. The third kappa shape index (κ3) is 1.63. The predicted molar refractivity (Wildman–Crippen MR) is 57.9 cm³/mol. The van der Waals surface area contributed by atoms with Crippen molar-refractivity contribution in [3.63, 3.8) is 0 Å². The van der Waals surface area contributed by atoms with Gasteiger partial charge in [-0.25, -0.2) is 0 Å². The zero-order chi connectivity index (χ0) is 10.1. The summed E-state index contributed by atoms with van der Waals surface area (Å²) in [6.07, 6.45) is 0.457. The summed E-state index contributed by atoms with van der Waals surface area (Å²) in [5.41, 5.74) is 0. The quantitative estimate of drug-likeness (QED) is 0.820. The van der Waals surface area contributed by atoms with Crippen molar-refractivity contribution in [2.45, 2.75) is 13.3 Å². The summed E-state index contributed by atoms with van der Waals surface area (Å²) < 4.78 is 1.03. The summed E-state index contributed by atoms with van der Waals surface area (Å²) in [7, 11) is 0. The van der Waals surface area contributed by atoms with Crippen molar-refractivity contribution in [3.05, 3.63) is 29.1 Å². The summed E-state index contributed by atoms with van der Waals surface area (Å²) in [5, 5.41) is 10.4. The summed E-state index contributed by atoms with van der Waals surface area (Å²) in [4.78, 5) is 11.9. The number of hydrogen-bond acceptors (Lipinski definition) is 3. The Labute approximate surface area is 85.8 Å². The molecule has 0 aliphatic rings. The highest BCUT2D eigenvalue weighted by molar-refractivity contribution is 7.19. The number of benzene rings is 1. The van der Waals surface area contributed by atoms with Gasteiger partial charge in [0, 0.05) is 21.4 Å². The van der Waals surface area contributed by atoms with E-state index in [1.165, 1.54) is 0 Å². The van der Waals surface area contributed by atoms with Crippen LogP contribution in [0.2, 0.25) is 0 Å². The summed E-state index contributed by atoms with van der Waals surface area (Å²) in [6.45, 7) is 1.57. The van der Waals surface area contributed by atoms with E-state index in [1.807, 2.05) is 18.2 Å². The lowest BCUT2D eigenvalue weighted by Crippen LogP contribution is -1.92. The minimum Gasteiger partial charge on any atom is -0.507 e. The zero-order valence-corrected chi connectivity index (χ0v) is 8.60. The Balaban J connectivity index is 2.51. The second-order valence-electron chi connectivity index (χ2n) is 3.28. The maximum atomic E-state index is 10.9. The van der Waals surface area contributed by atoms with Crippen LogP contribution in [0.4, 0.5) is 0 Å². The van der Waals surface area contributed by atoms with Gasteiger partial charge in [-0.2, -0.15) is 0 Å². The van der Waals surface area contributed by atoms with Gasteiger partial charge < -0.3 is 5.11 Å². The van der Waals surface area contributed by atoms with Crippen LogP contribution in [0.25, 0.3) is 10.1 Å². The Bertz CT molecular complexity index is 485. The molecule has 0 bridgehead atoms. The van der Waals surface area contributed by atoms with Crippen LogP contribution in [-0.2, 0) is 11.2 Å². The molecule has 1 N–H and O–H groups in total. The third-order valence-corrected chi connectivity index (χ3v) is 3.11. The molecule has 72 valence electrons. The smallest absolute Gasteiger partial charge is 0.135 e. The number of rotatable bonds is 2. The van der Waals surface area contributed by atoms with Gasteiger partial charge in [0.25, 0.3) is 0 Å². The lowest BCUT2D eigenvalue weighted by atomic mass is 10.2. The Morgan fingerprint density at radius 1 is 1.50 bits per heavy atom. The average Bonchev–Trinajstić information content (AvgIpc) is 2.47. The zero-order valence-electron chi connectivity index (χ0n) is 7.78. The molecule has 2 aromatic rings. The summed E-state index contributed by atoms with van der Waals surface area (Å²) >= 11 is 1.56. The van der Waals surface area contributed by atoms with Crippen molar-refractivity contribution in [2.75, 3.05) is 0 Å². The van der Waals surface area contributed by atoms with Crippen molar-refractivity contribution < 1.29 is 9.90 Å². The Morgan fingerprint density at radius 2 is 2.29 bits per heavy atom. The van der Waals surface area contributed by atoms with Crippen molar-refractivity contribution in [1.82, 2.24) is 0 Å². The van der Waals surface area contributed by atoms with Gasteiger partial charge >= 0.3 is 0 Å². The molecule has 1 aromatic carbocycles. The lowest BCUT2D eigenvalue weighted by molar-refractivity contribution is -0.116. The number of carbonyl (C=O) groups excluding carboxylic acids is 1. The van der Waals surface area contributed by atoms with E-state index in [-0.39, 0.29) is 11.5 Å². The van der Waals surface area contributed by atoms with Crippen molar-refractivity contribution in [1.29, 1.82) is 0 Å². The molecule has 0 spiro atoms. The maximum absolute atomic E-state index is 10.9. The second-order valence-corrected chi connectivity index (χ2v) is 4.45. The van der Waals surface area contributed by atoms with E-state index in [2.05, 4.69) is 0 Å². The van der Waals surface area contributed by atoms with E-state index in [4.69, 9.17) is 0 Å². The van der Waals surface area contributed by atoms with Gasteiger partial charge in [-0.3, -0.25) is 4.79 Å². The number of hydrogen-bond donors (Lipinski definition) is 1. The van der Waals surface area contributed by atoms with Crippen molar-refractivity contribution in [2.24, 2.45) is 0 Å². The molecule has 0 radical (unpaired) electrons. The van der Waals surface area contributed by atoms with Gasteiger partial charge in [-0.15, -0.1) is 11.3 Å². The number of phenols is 1. The molecule has 1 aromatic heterocycles. The van der Waals surface area contributed by atoms with Crippen molar-refractivity contribution >= 4 is 27.2 Å². The van der Waals surface area contributed by atoms with Gasteiger partial charge in [-0.05, 0) is 25.1 Å². The van der Waals surface area contributed by atoms with Crippen LogP contribution in [0.5, 0.6) is 5.75 Å². The van der Waals surface area contributed by atoms with Gasteiger partial charge in [0.15, 0.2) is 0 Å². The van der Waals surface area contributed by atoms with Gasteiger partial charge in [0.1, 0.15) is 11.5 Å². The molecule has 0 atom stereocenters. The summed E-state index contributed by atoms with van der Waals surface area (Å²) in [6, 6.07) is 7.30. The first-order chi connectivity index (χ1) is 6.66. The highest BCUT2D eigenvalue weighted by Gasteiger charge is 2.06. The third-order valence-electron chi connectivity index (χ3n) is 2.01. The Kier molecular flexibility index (Phi) is 2.25. The topological polar surface area (TPSA) is 37.3 Å². The SMILES string of the molecule is CC(=O)Cc1cc2c(O)cccc2s1. The number of phenolic OH excluding ortho intramolecular Hbond substituents is 1. The van der Waals surface area contributed by atoms with Crippen molar-refractivity contribution in [3.8, 4) is 5.75 Å². The fraction of sp³-hybridized carbons (Fsp3) is 0.182. The standard InChI is InChI=1S/C11H10O2S/c1-7(12)5-8-6-9-10(13)3-2-4-11(9)14-8/h2-4,6,13H,5H2,1H3. The highest BCUT2D eigenvalue weighted by Crippen LogP contribution is 2.32. The molecule has 0 aliphatic carbocycles. The first kappa shape index (κ1) is 9.21. The molecule has 14 heavy (non-hydrogen) atoms. The van der Waals surface area contributed by atoms with Crippen LogP contribution in [0, 0.1) is 0 Å². The molecule has 0 unspecified atom stereocenters. The van der Waals surface area contributed by atoms with Gasteiger partial charge in [0.05, 0.1) is 0 Å². The molecule has 2 rings (SSSR count). The van der Waals surface area contributed by atoms with E-state index in [1.54, 1.807) is 24.3 Å². The molecule has 0 saturated carbocycles. The van der Waals surface area contributed by atoms with E-state index in [9.17, 15) is 9.90 Å². The molecule has 1 heterocycles. The van der Waals surface area contributed by atoms with Gasteiger partial charge in [-0.1, -0.05) is 6.07 Å². The second kappa shape index (κ2) is 3.42. The molecule has 0 fully saturated rings. The fourth-order valence-electron chi connectivity index (χ4n) is 1.43. The number of carbonyl (C=O) groups is 1. The van der Waals surface area contributed by atoms with Crippen LogP contribution in [0.15, 0.2) is 24.3 Å². The first-order valence-electron chi connectivity index (χ1n) is 4.36. The van der Waals surface area contributed by atoms with Crippen LogP contribution in [0.3, 0.4) is 0 Å². The maximum Gasteiger partial charge on any atom is 0.135 e. The Morgan fingerprint density at radius 3 is 2.93 bits per heavy atom. The molecule has 0 aliphatic heterocycles. The molecule has 0 saturated heterocycles. The number of fused-ring (bicyclic) bond motifs is 1. The molecule has 3 heteroatoms. The van der Waals surface area contributed by atoms with E-state index < -0.39 is 0 Å². The summed E-state index contributed by atoms with van der Waals surface area (Å²) in [5.74, 6) is 0.435. The van der Waals surface area contributed by atoms with E-state index >= 15 is 0 Å². The predicted octanol–water partition coefficient (Wildman–Crippen LogP) is 2.74. The highest BCUT2D eigenvalue weighted by atomic mass is 32.1. The van der Waals surface area contributed by atoms with Gasteiger partial charge in [0.2, 0.25) is 0 Å². The number of thiophene rings is 1. The number of ketones is 1. The van der Waals surface area contributed by atoms with E-state index in [0.717, 1.165) is 15.0 Å². The Hall–Kier alpha value is -1.35. The molecule has 2 nitrogen and oxygen atoms in total. The minimum absolute atomic E-state index is 0.149. The molecular formula is C11H10O2S. The fourth-order valence-corrected chi connectivity index (χ4v) is 2.59. The number of Topliss-reactive ketones (excluding diaryl/α,β-unsaturated/α-hetero) is 1.